The van der Waals surface area contributed by atoms with E-state index in [1.165, 1.54) is 12.8 Å². The second-order valence-corrected chi connectivity index (χ2v) is 4.83. The van der Waals surface area contributed by atoms with Crippen LogP contribution in [0.5, 0.6) is 0 Å². The zero-order chi connectivity index (χ0) is 12.4. The maximum Gasteiger partial charge on any atom is 0.156 e. The largest absolute Gasteiger partial charge is 0.316 e. The van der Waals surface area contributed by atoms with Gasteiger partial charge in [-0.3, -0.25) is 4.79 Å². The zero-order valence-corrected chi connectivity index (χ0v) is 10.2. The van der Waals surface area contributed by atoms with Crippen molar-refractivity contribution in [3.63, 3.8) is 0 Å². The molecule has 0 bridgehead atoms. The van der Waals surface area contributed by atoms with Crippen molar-refractivity contribution in [1.29, 1.82) is 0 Å². The van der Waals surface area contributed by atoms with Crippen molar-refractivity contribution >= 4 is 11.9 Å². The first-order chi connectivity index (χ1) is 8.85. The van der Waals surface area contributed by atoms with Gasteiger partial charge in [0, 0.05) is 18.2 Å². The predicted octanol–water partition coefficient (Wildman–Crippen LogP) is 1.08. The van der Waals surface area contributed by atoms with E-state index >= 15 is 0 Å². The second-order valence-electron chi connectivity index (χ2n) is 4.83. The summed E-state index contributed by atoms with van der Waals surface area (Å²) in [5.74, 6) is 1.49. The first-order valence-corrected chi connectivity index (χ1v) is 6.36. The van der Waals surface area contributed by atoms with Crippen LogP contribution in [0.4, 0.5) is 0 Å². The van der Waals surface area contributed by atoms with Crippen LogP contribution in [0, 0.1) is 5.92 Å². The molecule has 0 radical (unpaired) electrons. The van der Waals surface area contributed by atoms with Crippen LogP contribution >= 0.6 is 0 Å². The van der Waals surface area contributed by atoms with Gasteiger partial charge in [0.2, 0.25) is 0 Å². The van der Waals surface area contributed by atoms with E-state index < -0.39 is 0 Å². The number of carbonyl (C=O) groups excluding carboxylic acids is 1. The van der Waals surface area contributed by atoms with E-state index in [9.17, 15) is 4.79 Å². The predicted molar refractivity (Wildman–Crippen MR) is 67.7 cm³/mol. The number of hydrogen-bond donors (Lipinski definition) is 1. The number of nitrogens with one attached hydrogen (secondary N) is 1. The number of aromatic nitrogens is 3. The van der Waals surface area contributed by atoms with Crippen LogP contribution in [0.2, 0.25) is 0 Å². The second kappa shape index (κ2) is 4.86. The summed E-state index contributed by atoms with van der Waals surface area (Å²) in [6.07, 6.45) is 5.99. The lowest BCUT2D eigenvalue weighted by Gasteiger charge is -2.21. The Kier molecular flexibility index (Phi) is 3.06. The number of fused-ring (bicyclic) bond motifs is 1. The molecule has 0 amide bonds. The molecule has 2 aromatic rings. The number of aldehydes is 1. The topological polar surface area (TPSA) is 59.3 Å². The van der Waals surface area contributed by atoms with E-state index in [4.69, 9.17) is 0 Å². The minimum Gasteiger partial charge on any atom is -0.316 e. The summed E-state index contributed by atoms with van der Waals surface area (Å²) in [7, 11) is 0. The van der Waals surface area contributed by atoms with Gasteiger partial charge in [-0.15, -0.1) is 0 Å². The van der Waals surface area contributed by atoms with Crippen molar-refractivity contribution in [3.8, 4) is 0 Å². The molecule has 18 heavy (non-hydrogen) atoms. The Hall–Kier alpha value is -1.75. The Labute approximate surface area is 105 Å². The number of carbonyl (C=O) groups is 1. The molecule has 0 saturated carbocycles. The summed E-state index contributed by atoms with van der Waals surface area (Å²) >= 11 is 0. The summed E-state index contributed by atoms with van der Waals surface area (Å²) in [4.78, 5) is 15.2. The van der Waals surface area contributed by atoms with Crippen LogP contribution in [-0.2, 0) is 6.42 Å². The van der Waals surface area contributed by atoms with Crippen molar-refractivity contribution in [2.75, 3.05) is 13.1 Å². The summed E-state index contributed by atoms with van der Waals surface area (Å²) < 4.78 is 1.73. The average Bonchev–Trinajstić information content (AvgIpc) is 2.80. The molecule has 5 nitrogen and oxygen atoms in total. The van der Waals surface area contributed by atoms with Gasteiger partial charge in [-0.05, 0) is 44.0 Å². The molecule has 0 aromatic carbocycles. The van der Waals surface area contributed by atoms with Crippen molar-refractivity contribution in [2.24, 2.45) is 5.92 Å². The monoisotopic (exact) mass is 244 g/mol. The minimum absolute atomic E-state index is 0.627. The highest BCUT2D eigenvalue weighted by molar-refractivity contribution is 5.76. The van der Waals surface area contributed by atoms with Crippen LogP contribution < -0.4 is 5.32 Å². The van der Waals surface area contributed by atoms with E-state index in [1.807, 2.05) is 0 Å². The SMILES string of the molecule is O=Cc1ccn2nc(CC3CCCNC3)nc2c1. The molecule has 3 heterocycles. The molecule has 5 heteroatoms. The van der Waals surface area contributed by atoms with Crippen LogP contribution in [0.3, 0.4) is 0 Å². The fourth-order valence-corrected chi connectivity index (χ4v) is 2.46. The highest BCUT2D eigenvalue weighted by atomic mass is 16.1. The Morgan fingerprint density at radius 3 is 3.28 bits per heavy atom. The fraction of sp³-hybridized carbons (Fsp3) is 0.462. The highest BCUT2D eigenvalue weighted by Gasteiger charge is 2.16. The molecule has 1 N–H and O–H groups in total. The van der Waals surface area contributed by atoms with E-state index in [1.54, 1.807) is 22.8 Å². The van der Waals surface area contributed by atoms with Crippen LogP contribution in [0.15, 0.2) is 18.3 Å². The maximum atomic E-state index is 10.7. The zero-order valence-electron chi connectivity index (χ0n) is 10.2. The van der Waals surface area contributed by atoms with Gasteiger partial charge in [-0.25, -0.2) is 9.50 Å². The summed E-state index contributed by atoms with van der Waals surface area (Å²) in [6.45, 7) is 2.17. The third-order valence-corrected chi connectivity index (χ3v) is 3.41. The van der Waals surface area contributed by atoms with Crippen molar-refractivity contribution < 1.29 is 4.79 Å². The summed E-state index contributed by atoms with van der Waals surface area (Å²) in [5.41, 5.74) is 1.39. The van der Waals surface area contributed by atoms with Gasteiger partial charge < -0.3 is 5.32 Å². The molecule has 94 valence electrons. The standard InChI is InChI=1S/C13H16N4O/c18-9-11-3-5-17-13(7-11)15-12(16-17)6-10-2-1-4-14-8-10/h3,5,7,9-10,14H,1-2,4,6,8H2. The van der Waals surface area contributed by atoms with Gasteiger partial charge in [0.1, 0.15) is 6.29 Å². The van der Waals surface area contributed by atoms with Gasteiger partial charge in [0.05, 0.1) is 0 Å². The lowest BCUT2D eigenvalue weighted by atomic mass is 9.96. The first kappa shape index (κ1) is 11.3. The summed E-state index contributed by atoms with van der Waals surface area (Å²) in [5, 5.41) is 7.84. The lowest BCUT2D eigenvalue weighted by Crippen LogP contribution is -2.31. The number of hydrogen-bond acceptors (Lipinski definition) is 4. The van der Waals surface area contributed by atoms with Gasteiger partial charge in [0.25, 0.3) is 0 Å². The third kappa shape index (κ3) is 2.26. The van der Waals surface area contributed by atoms with Gasteiger partial charge in [-0.2, -0.15) is 5.10 Å². The van der Waals surface area contributed by atoms with Gasteiger partial charge in [0.15, 0.2) is 11.5 Å². The normalized spacial score (nSPS) is 20.1. The van der Waals surface area contributed by atoms with Crippen LogP contribution in [0.1, 0.15) is 29.0 Å². The molecule has 1 aliphatic rings. The molecule has 1 fully saturated rings. The molecule has 0 aliphatic carbocycles. The first-order valence-electron chi connectivity index (χ1n) is 6.36. The summed E-state index contributed by atoms with van der Waals surface area (Å²) in [6, 6.07) is 3.52. The molecule has 1 saturated heterocycles. The smallest absolute Gasteiger partial charge is 0.156 e. The molecule has 2 aromatic heterocycles. The minimum atomic E-state index is 0.627. The molecule has 3 rings (SSSR count). The molecule has 1 aliphatic heterocycles. The van der Waals surface area contributed by atoms with E-state index in [0.717, 1.165) is 37.3 Å². The molecule has 0 spiro atoms. The molecule has 1 unspecified atom stereocenters. The highest BCUT2D eigenvalue weighted by Crippen LogP contribution is 2.15. The molecular formula is C13H16N4O. The van der Waals surface area contributed by atoms with Crippen LogP contribution in [-0.4, -0.2) is 34.0 Å². The Morgan fingerprint density at radius 2 is 2.50 bits per heavy atom. The Balaban J connectivity index is 1.81. The number of rotatable bonds is 3. The van der Waals surface area contributed by atoms with Crippen LogP contribution in [0.25, 0.3) is 5.65 Å². The van der Waals surface area contributed by atoms with Crippen molar-refractivity contribution in [1.82, 2.24) is 19.9 Å². The van der Waals surface area contributed by atoms with Crippen molar-refractivity contribution in [3.05, 3.63) is 29.7 Å². The van der Waals surface area contributed by atoms with Gasteiger partial charge >= 0.3 is 0 Å². The number of nitrogens with zero attached hydrogens (tertiary/aromatic N) is 3. The molecule has 1 atom stereocenters. The average molecular weight is 244 g/mol. The third-order valence-electron chi connectivity index (χ3n) is 3.41. The van der Waals surface area contributed by atoms with Gasteiger partial charge in [-0.1, -0.05) is 0 Å². The molecular weight excluding hydrogens is 228 g/mol. The lowest BCUT2D eigenvalue weighted by molar-refractivity contribution is 0.112. The number of piperidine rings is 1. The fourth-order valence-electron chi connectivity index (χ4n) is 2.46. The van der Waals surface area contributed by atoms with E-state index in [-0.39, 0.29) is 0 Å². The van der Waals surface area contributed by atoms with E-state index in [2.05, 4.69) is 15.4 Å². The maximum absolute atomic E-state index is 10.7. The Morgan fingerprint density at radius 1 is 1.56 bits per heavy atom. The number of pyridine rings is 1. The Bertz CT molecular complexity index is 557. The van der Waals surface area contributed by atoms with E-state index in [0.29, 0.717) is 11.5 Å². The van der Waals surface area contributed by atoms with Crippen molar-refractivity contribution in [2.45, 2.75) is 19.3 Å². The quantitative estimate of drug-likeness (QED) is 0.821.